The van der Waals surface area contributed by atoms with Gasteiger partial charge in [-0.15, -0.1) is 0 Å². The molecule has 0 fully saturated rings. The highest BCUT2D eigenvalue weighted by molar-refractivity contribution is 9.10. The SMILES string of the molecule is O=Cc1ccccc1-c1ccc(Br)cc1F. The van der Waals surface area contributed by atoms with E-state index in [0.717, 1.165) is 6.29 Å². The Balaban J connectivity index is 2.62. The maximum absolute atomic E-state index is 13.7. The normalized spacial score (nSPS) is 10.1. The van der Waals surface area contributed by atoms with Crippen LogP contribution in [0.4, 0.5) is 4.39 Å². The Morgan fingerprint density at radius 2 is 1.81 bits per heavy atom. The third-order valence-corrected chi connectivity index (χ3v) is 2.80. The zero-order valence-electron chi connectivity index (χ0n) is 8.28. The van der Waals surface area contributed by atoms with Gasteiger partial charge in [0.2, 0.25) is 0 Å². The topological polar surface area (TPSA) is 17.1 Å². The van der Waals surface area contributed by atoms with Gasteiger partial charge in [0.15, 0.2) is 6.29 Å². The third-order valence-electron chi connectivity index (χ3n) is 2.31. The summed E-state index contributed by atoms with van der Waals surface area (Å²) in [5.74, 6) is -0.344. The fourth-order valence-electron chi connectivity index (χ4n) is 1.55. The van der Waals surface area contributed by atoms with Gasteiger partial charge in [-0.1, -0.05) is 46.3 Å². The van der Waals surface area contributed by atoms with Crippen LogP contribution in [0.1, 0.15) is 10.4 Å². The number of hydrogen-bond acceptors (Lipinski definition) is 1. The number of hydrogen-bond donors (Lipinski definition) is 0. The van der Waals surface area contributed by atoms with Crippen LogP contribution in [0, 0.1) is 5.82 Å². The highest BCUT2D eigenvalue weighted by Crippen LogP contribution is 2.27. The van der Waals surface area contributed by atoms with E-state index in [0.29, 0.717) is 21.2 Å². The average molecular weight is 279 g/mol. The Morgan fingerprint density at radius 3 is 2.50 bits per heavy atom. The van der Waals surface area contributed by atoms with Crippen LogP contribution in [-0.4, -0.2) is 6.29 Å². The predicted molar refractivity (Wildman–Crippen MR) is 64.9 cm³/mol. The minimum Gasteiger partial charge on any atom is -0.298 e. The third kappa shape index (κ3) is 2.04. The molecule has 0 saturated carbocycles. The van der Waals surface area contributed by atoms with Crippen molar-refractivity contribution in [2.24, 2.45) is 0 Å². The maximum Gasteiger partial charge on any atom is 0.150 e. The molecule has 0 amide bonds. The van der Waals surface area contributed by atoms with Crippen molar-refractivity contribution in [1.82, 2.24) is 0 Å². The van der Waals surface area contributed by atoms with E-state index >= 15 is 0 Å². The molecular formula is C13H8BrFO. The monoisotopic (exact) mass is 278 g/mol. The van der Waals surface area contributed by atoms with Crippen molar-refractivity contribution in [3.05, 3.63) is 58.3 Å². The standard InChI is InChI=1S/C13H8BrFO/c14-10-5-6-12(13(15)7-10)11-4-2-1-3-9(11)8-16/h1-8H. The van der Waals surface area contributed by atoms with E-state index in [-0.39, 0.29) is 5.82 Å². The Bertz CT molecular complexity index is 537. The minimum atomic E-state index is -0.344. The van der Waals surface area contributed by atoms with E-state index in [1.165, 1.54) is 6.07 Å². The predicted octanol–water partition coefficient (Wildman–Crippen LogP) is 4.07. The molecule has 0 radical (unpaired) electrons. The molecule has 0 aliphatic heterocycles. The average Bonchev–Trinajstić information content (AvgIpc) is 2.29. The van der Waals surface area contributed by atoms with E-state index in [4.69, 9.17) is 0 Å². The first-order valence-electron chi connectivity index (χ1n) is 4.72. The van der Waals surface area contributed by atoms with Crippen LogP contribution in [0.15, 0.2) is 46.9 Å². The fourth-order valence-corrected chi connectivity index (χ4v) is 1.89. The molecule has 2 aromatic carbocycles. The highest BCUT2D eigenvalue weighted by Gasteiger charge is 2.08. The van der Waals surface area contributed by atoms with Crippen LogP contribution in [0.25, 0.3) is 11.1 Å². The number of benzene rings is 2. The molecule has 16 heavy (non-hydrogen) atoms. The van der Waals surface area contributed by atoms with E-state index in [9.17, 15) is 9.18 Å². The van der Waals surface area contributed by atoms with Gasteiger partial charge in [0.05, 0.1) is 0 Å². The van der Waals surface area contributed by atoms with Crippen molar-refractivity contribution in [3.63, 3.8) is 0 Å². The number of carbonyl (C=O) groups excluding carboxylic acids is 1. The van der Waals surface area contributed by atoms with E-state index in [1.807, 2.05) is 0 Å². The molecule has 0 N–H and O–H groups in total. The van der Waals surface area contributed by atoms with Gasteiger partial charge in [-0.2, -0.15) is 0 Å². The summed E-state index contributed by atoms with van der Waals surface area (Å²) < 4.78 is 14.4. The summed E-state index contributed by atoms with van der Waals surface area (Å²) in [4.78, 5) is 10.8. The van der Waals surface area contributed by atoms with Gasteiger partial charge in [-0.25, -0.2) is 4.39 Å². The van der Waals surface area contributed by atoms with Gasteiger partial charge in [0.25, 0.3) is 0 Å². The molecule has 2 aromatic rings. The first-order valence-corrected chi connectivity index (χ1v) is 5.51. The van der Waals surface area contributed by atoms with Crippen molar-refractivity contribution in [3.8, 4) is 11.1 Å². The molecule has 0 saturated heterocycles. The second-order valence-electron chi connectivity index (χ2n) is 3.33. The Hall–Kier alpha value is -1.48. The minimum absolute atomic E-state index is 0.344. The smallest absolute Gasteiger partial charge is 0.150 e. The van der Waals surface area contributed by atoms with Crippen LogP contribution in [0.2, 0.25) is 0 Å². The van der Waals surface area contributed by atoms with Gasteiger partial charge >= 0.3 is 0 Å². The quantitative estimate of drug-likeness (QED) is 0.757. The molecule has 3 heteroatoms. The molecular weight excluding hydrogens is 271 g/mol. The van der Waals surface area contributed by atoms with Crippen LogP contribution < -0.4 is 0 Å². The lowest BCUT2D eigenvalue weighted by molar-refractivity contribution is 0.112. The van der Waals surface area contributed by atoms with Crippen LogP contribution in [0.3, 0.4) is 0 Å². The molecule has 0 spiro atoms. The molecule has 80 valence electrons. The van der Waals surface area contributed by atoms with Crippen LogP contribution >= 0.6 is 15.9 Å². The Labute approximate surface area is 101 Å². The van der Waals surface area contributed by atoms with Crippen molar-refractivity contribution in [2.75, 3.05) is 0 Å². The molecule has 0 aromatic heterocycles. The number of aldehydes is 1. The molecule has 0 aliphatic carbocycles. The summed E-state index contributed by atoms with van der Waals surface area (Å²) in [6.07, 6.45) is 0.733. The fraction of sp³-hybridized carbons (Fsp3) is 0. The highest BCUT2D eigenvalue weighted by atomic mass is 79.9. The summed E-state index contributed by atoms with van der Waals surface area (Å²) in [6, 6.07) is 11.7. The van der Waals surface area contributed by atoms with Crippen molar-refractivity contribution < 1.29 is 9.18 Å². The zero-order valence-corrected chi connectivity index (χ0v) is 9.87. The number of carbonyl (C=O) groups is 1. The largest absolute Gasteiger partial charge is 0.298 e. The summed E-state index contributed by atoms with van der Waals surface area (Å²) in [5.41, 5.74) is 1.54. The Morgan fingerprint density at radius 1 is 1.06 bits per heavy atom. The number of rotatable bonds is 2. The molecule has 0 bridgehead atoms. The van der Waals surface area contributed by atoms with Gasteiger partial charge in [-0.05, 0) is 17.7 Å². The van der Waals surface area contributed by atoms with Gasteiger partial charge < -0.3 is 0 Å². The summed E-state index contributed by atoms with van der Waals surface area (Å²) >= 11 is 3.19. The van der Waals surface area contributed by atoms with Gasteiger partial charge in [-0.3, -0.25) is 4.79 Å². The van der Waals surface area contributed by atoms with Crippen molar-refractivity contribution in [1.29, 1.82) is 0 Å². The van der Waals surface area contributed by atoms with E-state index in [1.54, 1.807) is 36.4 Å². The van der Waals surface area contributed by atoms with E-state index < -0.39 is 0 Å². The summed E-state index contributed by atoms with van der Waals surface area (Å²) in [7, 11) is 0. The summed E-state index contributed by atoms with van der Waals surface area (Å²) in [6.45, 7) is 0. The molecule has 0 heterocycles. The maximum atomic E-state index is 13.7. The first-order chi connectivity index (χ1) is 7.72. The first kappa shape index (κ1) is 11.0. The second-order valence-corrected chi connectivity index (χ2v) is 4.24. The molecule has 2 rings (SSSR count). The van der Waals surface area contributed by atoms with Crippen LogP contribution in [-0.2, 0) is 0 Å². The lowest BCUT2D eigenvalue weighted by Gasteiger charge is -2.06. The lowest BCUT2D eigenvalue weighted by Crippen LogP contribution is -1.90. The molecule has 0 unspecified atom stereocenters. The molecule has 0 aliphatic rings. The van der Waals surface area contributed by atoms with Gasteiger partial charge in [0, 0.05) is 15.6 Å². The molecule has 0 atom stereocenters. The lowest BCUT2D eigenvalue weighted by atomic mass is 10.0. The Kier molecular flexibility index (Phi) is 3.15. The van der Waals surface area contributed by atoms with E-state index in [2.05, 4.69) is 15.9 Å². The van der Waals surface area contributed by atoms with Crippen molar-refractivity contribution >= 4 is 22.2 Å². The zero-order chi connectivity index (χ0) is 11.5. The number of halogens is 2. The van der Waals surface area contributed by atoms with Crippen LogP contribution in [0.5, 0.6) is 0 Å². The van der Waals surface area contributed by atoms with Crippen molar-refractivity contribution in [2.45, 2.75) is 0 Å². The summed E-state index contributed by atoms with van der Waals surface area (Å²) in [5, 5.41) is 0. The second kappa shape index (κ2) is 4.58. The molecule has 1 nitrogen and oxygen atoms in total. The van der Waals surface area contributed by atoms with Gasteiger partial charge in [0.1, 0.15) is 5.82 Å².